The summed E-state index contributed by atoms with van der Waals surface area (Å²) in [6.07, 6.45) is 0.991. The standard InChI is InChI=1S/C15H20N2O3S/c1-5-9(2)8-17-14(18)10-6-12(19-3)13(20-4)7-11(10)16-15(17)21/h6-7,9H,5,8H2,1-4H3,(H,16,21)/t9-/m1/s1. The minimum absolute atomic E-state index is 0.102. The van der Waals surface area contributed by atoms with Crippen LogP contribution >= 0.6 is 12.2 Å². The highest BCUT2D eigenvalue weighted by atomic mass is 32.1. The lowest BCUT2D eigenvalue weighted by molar-refractivity contribution is 0.355. The van der Waals surface area contributed by atoms with E-state index >= 15 is 0 Å². The molecule has 1 aromatic heterocycles. The maximum Gasteiger partial charge on any atom is 0.262 e. The molecule has 0 amide bonds. The summed E-state index contributed by atoms with van der Waals surface area (Å²) in [7, 11) is 3.11. The van der Waals surface area contributed by atoms with Crippen LogP contribution in [0.3, 0.4) is 0 Å². The van der Waals surface area contributed by atoms with E-state index in [0.717, 1.165) is 6.42 Å². The Labute approximate surface area is 128 Å². The van der Waals surface area contributed by atoms with Crippen LogP contribution in [-0.2, 0) is 6.54 Å². The molecule has 0 aliphatic carbocycles. The molecule has 0 unspecified atom stereocenters. The van der Waals surface area contributed by atoms with E-state index in [-0.39, 0.29) is 5.56 Å². The van der Waals surface area contributed by atoms with Gasteiger partial charge in [0.25, 0.3) is 5.56 Å². The molecule has 1 aromatic carbocycles. The monoisotopic (exact) mass is 308 g/mol. The van der Waals surface area contributed by atoms with Gasteiger partial charge in [-0.05, 0) is 24.2 Å². The van der Waals surface area contributed by atoms with Crippen LogP contribution in [0.15, 0.2) is 16.9 Å². The first-order valence-electron chi connectivity index (χ1n) is 6.90. The molecular weight excluding hydrogens is 288 g/mol. The van der Waals surface area contributed by atoms with Gasteiger partial charge in [0.2, 0.25) is 0 Å². The first-order chi connectivity index (χ1) is 10.0. The second-order valence-corrected chi connectivity index (χ2v) is 5.50. The van der Waals surface area contributed by atoms with Crippen LogP contribution in [-0.4, -0.2) is 23.8 Å². The highest BCUT2D eigenvalue weighted by molar-refractivity contribution is 7.71. The molecule has 0 fully saturated rings. The van der Waals surface area contributed by atoms with Crippen LogP contribution in [0, 0.1) is 10.7 Å². The van der Waals surface area contributed by atoms with Crippen molar-refractivity contribution in [1.29, 1.82) is 0 Å². The van der Waals surface area contributed by atoms with Crippen molar-refractivity contribution < 1.29 is 9.47 Å². The maximum atomic E-state index is 12.6. The van der Waals surface area contributed by atoms with Crippen LogP contribution in [0.25, 0.3) is 10.9 Å². The molecule has 0 aliphatic rings. The Bertz CT molecular complexity index is 764. The number of hydrogen-bond acceptors (Lipinski definition) is 4. The fraction of sp³-hybridized carbons (Fsp3) is 0.467. The minimum atomic E-state index is -0.102. The Morgan fingerprint density at radius 3 is 2.48 bits per heavy atom. The van der Waals surface area contributed by atoms with Crippen molar-refractivity contribution in [3.63, 3.8) is 0 Å². The molecule has 0 radical (unpaired) electrons. The number of nitrogens with zero attached hydrogens (tertiary/aromatic N) is 1. The van der Waals surface area contributed by atoms with Crippen LogP contribution in [0.1, 0.15) is 20.3 Å². The fourth-order valence-electron chi connectivity index (χ4n) is 2.19. The lowest BCUT2D eigenvalue weighted by atomic mass is 10.1. The highest BCUT2D eigenvalue weighted by Crippen LogP contribution is 2.29. The molecule has 6 heteroatoms. The van der Waals surface area contributed by atoms with Crippen molar-refractivity contribution in [1.82, 2.24) is 9.55 Å². The average molecular weight is 308 g/mol. The van der Waals surface area contributed by atoms with Crippen LogP contribution < -0.4 is 15.0 Å². The van der Waals surface area contributed by atoms with Crippen molar-refractivity contribution in [3.8, 4) is 11.5 Å². The predicted octanol–water partition coefficient (Wildman–Crippen LogP) is 3.12. The van der Waals surface area contributed by atoms with Gasteiger partial charge in [0, 0.05) is 12.6 Å². The zero-order valence-electron chi connectivity index (χ0n) is 12.7. The number of hydrogen-bond donors (Lipinski definition) is 1. The molecule has 0 saturated heterocycles. The zero-order valence-corrected chi connectivity index (χ0v) is 13.5. The largest absolute Gasteiger partial charge is 0.493 e. The lowest BCUT2D eigenvalue weighted by Gasteiger charge is -2.14. The Balaban J connectivity index is 2.70. The molecule has 1 N–H and O–H groups in total. The SMILES string of the molecule is CC[C@@H](C)Cn1c(=S)[nH]c2cc(OC)c(OC)cc2c1=O. The molecule has 0 saturated carbocycles. The Hall–Kier alpha value is -1.82. The number of aromatic amines is 1. The molecule has 21 heavy (non-hydrogen) atoms. The van der Waals surface area contributed by atoms with Gasteiger partial charge in [0.1, 0.15) is 0 Å². The second kappa shape index (κ2) is 6.30. The van der Waals surface area contributed by atoms with E-state index in [1.165, 1.54) is 0 Å². The summed E-state index contributed by atoms with van der Waals surface area (Å²) in [4.78, 5) is 15.7. The number of ether oxygens (including phenoxy) is 2. The van der Waals surface area contributed by atoms with Crippen LogP contribution in [0.2, 0.25) is 0 Å². The summed E-state index contributed by atoms with van der Waals surface area (Å²) >= 11 is 5.31. The van der Waals surface area contributed by atoms with E-state index in [0.29, 0.717) is 39.6 Å². The third kappa shape index (κ3) is 2.95. The van der Waals surface area contributed by atoms with Gasteiger partial charge in [0.15, 0.2) is 16.3 Å². The summed E-state index contributed by atoms with van der Waals surface area (Å²) < 4.78 is 12.5. The van der Waals surface area contributed by atoms with Gasteiger partial charge in [-0.2, -0.15) is 0 Å². The molecule has 0 spiro atoms. The third-order valence-corrected chi connectivity index (χ3v) is 4.00. The van der Waals surface area contributed by atoms with E-state index < -0.39 is 0 Å². The maximum absolute atomic E-state index is 12.6. The number of nitrogens with one attached hydrogen (secondary N) is 1. The Morgan fingerprint density at radius 1 is 1.29 bits per heavy atom. The first-order valence-corrected chi connectivity index (χ1v) is 7.31. The molecule has 1 heterocycles. The van der Waals surface area contributed by atoms with Gasteiger partial charge in [-0.25, -0.2) is 0 Å². The zero-order chi connectivity index (χ0) is 15.6. The number of fused-ring (bicyclic) bond motifs is 1. The molecule has 5 nitrogen and oxygen atoms in total. The van der Waals surface area contributed by atoms with Crippen LogP contribution in [0.5, 0.6) is 11.5 Å². The van der Waals surface area contributed by atoms with Gasteiger partial charge >= 0.3 is 0 Å². The summed E-state index contributed by atoms with van der Waals surface area (Å²) in [5, 5.41) is 0.546. The number of methoxy groups -OCH3 is 2. The predicted molar refractivity (Wildman–Crippen MR) is 86.0 cm³/mol. The van der Waals surface area contributed by atoms with Gasteiger partial charge < -0.3 is 14.5 Å². The van der Waals surface area contributed by atoms with E-state index in [4.69, 9.17) is 21.7 Å². The second-order valence-electron chi connectivity index (χ2n) is 5.11. The quantitative estimate of drug-likeness (QED) is 0.862. The molecule has 2 rings (SSSR count). The van der Waals surface area contributed by atoms with Crippen molar-refractivity contribution in [3.05, 3.63) is 27.3 Å². The van der Waals surface area contributed by atoms with Crippen LogP contribution in [0.4, 0.5) is 0 Å². The summed E-state index contributed by atoms with van der Waals surface area (Å²) in [6, 6.07) is 3.42. The van der Waals surface area contributed by atoms with Crippen molar-refractivity contribution in [2.75, 3.05) is 14.2 Å². The minimum Gasteiger partial charge on any atom is -0.493 e. The topological polar surface area (TPSA) is 56.2 Å². The summed E-state index contributed by atoms with van der Waals surface area (Å²) in [5.74, 6) is 1.48. The molecule has 0 aliphatic heterocycles. The molecule has 1 atom stereocenters. The molecular formula is C15H20N2O3S. The normalized spacial score (nSPS) is 12.4. The number of rotatable bonds is 5. The average Bonchev–Trinajstić information content (AvgIpc) is 2.49. The summed E-state index contributed by atoms with van der Waals surface area (Å²) in [5.41, 5.74) is 0.554. The van der Waals surface area contributed by atoms with Gasteiger partial charge in [-0.15, -0.1) is 0 Å². The van der Waals surface area contributed by atoms with Gasteiger partial charge in [0.05, 0.1) is 25.1 Å². The highest BCUT2D eigenvalue weighted by Gasteiger charge is 2.12. The van der Waals surface area contributed by atoms with Crippen molar-refractivity contribution >= 4 is 23.1 Å². The van der Waals surface area contributed by atoms with Gasteiger partial charge in [-0.1, -0.05) is 20.3 Å². The molecule has 2 aromatic rings. The van der Waals surface area contributed by atoms with Crippen molar-refractivity contribution in [2.45, 2.75) is 26.8 Å². The number of H-pyrrole nitrogens is 1. The van der Waals surface area contributed by atoms with E-state index in [1.807, 2.05) is 0 Å². The lowest BCUT2D eigenvalue weighted by Crippen LogP contribution is -2.25. The smallest absolute Gasteiger partial charge is 0.262 e. The fourth-order valence-corrected chi connectivity index (χ4v) is 2.45. The first kappa shape index (κ1) is 15.6. The molecule has 0 bridgehead atoms. The van der Waals surface area contributed by atoms with Crippen molar-refractivity contribution in [2.24, 2.45) is 5.92 Å². The Morgan fingerprint density at radius 2 is 1.90 bits per heavy atom. The van der Waals surface area contributed by atoms with Gasteiger partial charge in [-0.3, -0.25) is 9.36 Å². The number of benzene rings is 1. The van der Waals surface area contributed by atoms with E-state index in [9.17, 15) is 4.79 Å². The summed E-state index contributed by atoms with van der Waals surface area (Å²) in [6.45, 7) is 4.80. The number of aromatic nitrogens is 2. The molecule has 114 valence electrons. The van der Waals surface area contributed by atoms with E-state index in [1.54, 1.807) is 30.9 Å². The Kier molecular flexibility index (Phi) is 4.67. The van der Waals surface area contributed by atoms with E-state index in [2.05, 4.69) is 18.8 Å². The third-order valence-electron chi connectivity index (χ3n) is 3.68.